The molecule has 2 aromatic carbocycles. The number of fused-ring (bicyclic) bond motifs is 1. The fourth-order valence-electron chi connectivity index (χ4n) is 3.68. The van der Waals surface area contributed by atoms with E-state index >= 15 is 0 Å². The van der Waals surface area contributed by atoms with Crippen molar-refractivity contribution >= 4 is 11.9 Å². The van der Waals surface area contributed by atoms with E-state index in [0.29, 0.717) is 35.0 Å². The van der Waals surface area contributed by atoms with Crippen molar-refractivity contribution in [2.45, 2.75) is 52.4 Å². The topological polar surface area (TPSA) is 74.2 Å². The van der Waals surface area contributed by atoms with Crippen molar-refractivity contribution in [1.29, 1.82) is 0 Å². The number of ether oxygens (including phenoxy) is 3. The number of ketones is 1. The second-order valence-electron chi connectivity index (χ2n) is 8.86. The van der Waals surface area contributed by atoms with Crippen molar-refractivity contribution in [3.8, 4) is 23.8 Å². The molecule has 36 heavy (non-hydrogen) atoms. The fourth-order valence-corrected chi connectivity index (χ4v) is 3.68. The molecule has 6 nitrogen and oxygen atoms in total. The molecule has 2 aromatic rings. The van der Waals surface area contributed by atoms with Crippen LogP contribution in [0.2, 0.25) is 0 Å². The number of nitrogens with zero attached hydrogens (tertiary/aromatic N) is 1. The van der Waals surface area contributed by atoms with Gasteiger partial charge in [0.15, 0.2) is 6.61 Å². The Balaban J connectivity index is 1.84. The third-order valence-corrected chi connectivity index (χ3v) is 5.49. The Morgan fingerprint density at radius 2 is 1.97 bits per heavy atom. The van der Waals surface area contributed by atoms with Crippen LogP contribution in [0.5, 0.6) is 11.5 Å². The Morgan fingerprint density at radius 1 is 1.19 bits per heavy atom. The molecule has 1 aliphatic heterocycles. The van der Waals surface area contributed by atoms with Gasteiger partial charge in [0.2, 0.25) is 5.78 Å². The van der Waals surface area contributed by atoms with Gasteiger partial charge in [0.1, 0.15) is 36.0 Å². The van der Waals surface area contributed by atoms with Crippen molar-refractivity contribution in [3.63, 3.8) is 0 Å². The first-order valence-electron chi connectivity index (χ1n) is 11.9. The Morgan fingerprint density at radius 3 is 2.67 bits per heavy atom. The zero-order valence-corrected chi connectivity index (χ0v) is 21.0. The number of hydrogen-bond acceptors (Lipinski definition) is 6. The van der Waals surface area contributed by atoms with E-state index in [2.05, 4.69) is 11.1 Å². The lowest BCUT2D eigenvalue weighted by molar-refractivity contribution is -0.117. The summed E-state index contributed by atoms with van der Waals surface area (Å²) in [4.78, 5) is 24.3. The molecule has 0 N–H and O–H groups in total. The highest BCUT2D eigenvalue weighted by molar-refractivity contribution is 6.00. The van der Waals surface area contributed by atoms with Crippen LogP contribution < -0.4 is 9.47 Å². The molecule has 0 amide bonds. The predicted octanol–water partition coefficient (Wildman–Crippen LogP) is 6.55. The zero-order chi connectivity index (χ0) is 26.0. The van der Waals surface area contributed by atoms with Crippen LogP contribution >= 0.6 is 0 Å². The number of carbonyl (C=O) groups is 1. The fraction of sp³-hybridized carbons (Fsp3) is 0.300. The minimum atomic E-state index is -0.484. The number of unbranched alkanes of at least 4 members (excludes halogenated alkanes) is 1. The first-order chi connectivity index (χ1) is 17.4. The van der Waals surface area contributed by atoms with Gasteiger partial charge in [-0.1, -0.05) is 54.8 Å². The predicted molar refractivity (Wildman–Crippen MR) is 141 cm³/mol. The standard InChI is InChI=1S/C30H31NO5/c1-5-7-14-27(34-20-22-12-9-8-10-13-22)24(11-6-2)26(32)21-35-29-23(19-31-33)15-16-28-25(29)17-18-30(3,4)36-28/h2,8-18H,5,7,19-21H2,1,3-4H3/b24-11-,27-14+. The molecule has 0 fully saturated rings. The molecule has 0 bridgehead atoms. The van der Waals surface area contributed by atoms with Crippen molar-refractivity contribution in [3.05, 3.63) is 93.6 Å². The van der Waals surface area contributed by atoms with Gasteiger partial charge in [-0.3, -0.25) is 4.79 Å². The van der Waals surface area contributed by atoms with E-state index in [1.54, 1.807) is 12.1 Å². The van der Waals surface area contributed by atoms with E-state index in [-0.39, 0.29) is 24.5 Å². The van der Waals surface area contributed by atoms with E-state index in [1.165, 1.54) is 6.08 Å². The molecular formula is C30H31NO5. The average molecular weight is 486 g/mol. The van der Waals surface area contributed by atoms with Gasteiger partial charge in [-0.05, 0) is 56.2 Å². The molecule has 3 rings (SSSR count). The third kappa shape index (κ3) is 6.96. The summed E-state index contributed by atoms with van der Waals surface area (Å²) in [5.74, 6) is 3.51. The molecule has 0 atom stereocenters. The van der Waals surface area contributed by atoms with Gasteiger partial charge in [0.05, 0.1) is 11.1 Å². The van der Waals surface area contributed by atoms with Crippen LogP contribution in [0.15, 0.2) is 77.2 Å². The van der Waals surface area contributed by atoms with E-state index in [4.69, 9.17) is 20.6 Å². The normalized spacial score (nSPS) is 14.3. The van der Waals surface area contributed by atoms with Crippen molar-refractivity contribution in [2.24, 2.45) is 5.18 Å². The van der Waals surface area contributed by atoms with E-state index < -0.39 is 5.60 Å². The number of Topliss-reactive ketones (excluding diaryl/α,β-unsaturated/α-hetero) is 1. The number of carbonyl (C=O) groups excluding carboxylic acids is 1. The Hall–Kier alpha value is -4.11. The van der Waals surface area contributed by atoms with E-state index in [9.17, 15) is 9.70 Å². The highest BCUT2D eigenvalue weighted by Crippen LogP contribution is 2.39. The second kappa shape index (κ2) is 12.6. The number of benzene rings is 2. The molecule has 0 aromatic heterocycles. The highest BCUT2D eigenvalue weighted by atomic mass is 16.5. The summed E-state index contributed by atoms with van der Waals surface area (Å²) in [5, 5.41) is 3.00. The molecule has 1 heterocycles. The molecule has 0 radical (unpaired) electrons. The second-order valence-corrected chi connectivity index (χ2v) is 8.86. The lowest BCUT2D eigenvalue weighted by Gasteiger charge is -2.29. The quantitative estimate of drug-likeness (QED) is 0.112. The molecule has 0 saturated heterocycles. The highest BCUT2D eigenvalue weighted by Gasteiger charge is 2.26. The summed E-state index contributed by atoms with van der Waals surface area (Å²) < 4.78 is 18.0. The summed E-state index contributed by atoms with van der Waals surface area (Å²) in [5.41, 5.74) is 1.97. The third-order valence-electron chi connectivity index (χ3n) is 5.49. The number of allylic oxidation sites excluding steroid dienone is 3. The summed E-state index contributed by atoms with van der Waals surface area (Å²) in [6.45, 7) is 5.82. The van der Waals surface area contributed by atoms with Gasteiger partial charge in [-0.15, -0.1) is 6.42 Å². The smallest absolute Gasteiger partial charge is 0.204 e. The van der Waals surface area contributed by atoms with Crippen LogP contribution in [0.25, 0.3) is 6.08 Å². The molecule has 0 spiro atoms. The van der Waals surface area contributed by atoms with Crippen LogP contribution in [0, 0.1) is 17.3 Å². The van der Waals surface area contributed by atoms with Gasteiger partial charge in [-0.25, -0.2) is 0 Å². The van der Waals surface area contributed by atoms with Crippen molar-refractivity contribution in [2.75, 3.05) is 6.61 Å². The van der Waals surface area contributed by atoms with Crippen LogP contribution in [0.4, 0.5) is 0 Å². The minimum Gasteiger partial charge on any atom is -0.488 e. The number of nitroso groups, excluding NO2 is 1. The minimum absolute atomic E-state index is 0.0943. The maximum absolute atomic E-state index is 13.3. The SMILES string of the molecule is C#C/C=C(C(=O)COc1c(CN=O)ccc2c1C=CC(C)(C)O2)\C(=C/CCC)OCc1ccccc1. The monoisotopic (exact) mass is 485 g/mol. The van der Waals surface area contributed by atoms with Gasteiger partial charge >= 0.3 is 0 Å². The molecule has 186 valence electrons. The molecule has 0 saturated carbocycles. The van der Waals surface area contributed by atoms with Crippen molar-refractivity contribution < 1.29 is 19.0 Å². The summed E-state index contributed by atoms with van der Waals surface area (Å²) >= 11 is 0. The maximum Gasteiger partial charge on any atom is 0.204 e. The average Bonchev–Trinajstić information content (AvgIpc) is 2.87. The van der Waals surface area contributed by atoms with Crippen LogP contribution in [0.1, 0.15) is 50.3 Å². The van der Waals surface area contributed by atoms with Gasteiger partial charge in [0.25, 0.3) is 0 Å². The zero-order valence-electron chi connectivity index (χ0n) is 21.0. The Bertz CT molecular complexity index is 1220. The molecule has 0 unspecified atom stereocenters. The van der Waals surface area contributed by atoms with Crippen molar-refractivity contribution in [1.82, 2.24) is 0 Å². The van der Waals surface area contributed by atoms with Crippen LogP contribution in [-0.4, -0.2) is 18.0 Å². The van der Waals surface area contributed by atoms with Gasteiger partial charge in [0, 0.05) is 11.6 Å². The Kier molecular flexibility index (Phi) is 9.24. The number of terminal acetylenes is 1. The lowest BCUT2D eigenvalue weighted by atomic mass is 9.99. The van der Waals surface area contributed by atoms with Gasteiger partial charge < -0.3 is 14.2 Å². The molecule has 0 aliphatic carbocycles. The van der Waals surface area contributed by atoms with Crippen LogP contribution in [-0.2, 0) is 22.7 Å². The lowest BCUT2D eigenvalue weighted by Crippen LogP contribution is -2.28. The van der Waals surface area contributed by atoms with Gasteiger partial charge in [-0.2, -0.15) is 4.91 Å². The number of rotatable bonds is 12. The van der Waals surface area contributed by atoms with E-state index in [0.717, 1.165) is 18.4 Å². The molecule has 1 aliphatic rings. The maximum atomic E-state index is 13.3. The summed E-state index contributed by atoms with van der Waals surface area (Å²) in [7, 11) is 0. The summed E-state index contributed by atoms with van der Waals surface area (Å²) in [6, 6.07) is 13.2. The molecule has 6 heteroatoms. The summed E-state index contributed by atoms with van der Waals surface area (Å²) in [6.07, 6.45) is 14.2. The number of hydrogen-bond donors (Lipinski definition) is 0. The van der Waals surface area contributed by atoms with E-state index in [1.807, 2.05) is 69.3 Å². The first kappa shape index (κ1) is 26.5. The van der Waals surface area contributed by atoms with Crippen LogP contribution in [0.3, 0.4) is 0 Å². The Labute approximate surface area is 212 Å². The largest absolute Gasteiger partial charge is 0.488 e. The first-order valence-corrected chi connectivity index (χ1v) is 11.9. The molecular weight excluding hydrogens is 454 g/mol.